The third-order valence-corrected chi connectivity index (χ3v) is 8.94. The molecular formula is C36H27IrN3O2S2. The van der Waals surface area contributed by atoms with E-state index in [-0.39, 0.29) is 26.7 Å². The van der Waals surface area contributed by atoms with E-state index in [9.17, 15) is 4.79 Å². The van der Waals surface area contributed by atoms with Gasteiger partial charge in [-0.05, 0) is 45.8 Å². The van der Waals surface area contributed by atoms with Gasteiger partial charge in [-0.15, -0.1) is 22.7 Å². The standard InChI is InChI=1S/2C17H11NS.C2H5NO2.Ir/c2*1-2-8-13-12(6-1)7-5-9-14(13)17-18-15-10-3-4-11-16(15)19-17;3-1-2(4)5;/h2*1-11H;1,3H2,(H,4,5);. The largest absolute Gasteiger partial charge is 0.480 e. The number of rotatable bonds is 3. The van der Waals surface area contributed by atoms with Crippen LogP contribution >= 0.6 is 22.7 Å². The van der Waals surface area contributed by atoms with Crippen molar-refractivity contribution in [2.75, 3.05) is 6.54 Å². The van der Waals surface area contributed by atoms with Gasteiger partial charge >= 0.3 is 5.97 Å². The second kappa shape index (κ2) is 14.4. The van der Waals surface area contributed by atoms with E-state index in [0.29, 0.717) is 0 Å². The van der Waals surface area contributed by atoms with Crippen LogP contribution in [0.25, 0.3) is 63.1 Å². The van der Waals surface area contributed by atoms with Gasteiger partial charge in [0.15, 0.2) is 0 Å². The average molecular weight is 790 g/mol. The second-order valence-corrected chi connectivity index (χ2v) is 11.7. The summed E-state index contributed by atoms with van der Waals surface area (Å²) in [5.74, 6) is -0.968. The maximum Gasteiger partial charge on any atom is 0.317 e. The van der Waals surface area contributed by atoms with Gasteiger partial charge in [0.25, 0.3) is 0 Å². The fourth-order valence-electron chi connectivity index (χ4n) is 4.80. The van der Waals surface area contributed by atoms with Crippen LogP contribution in [0.1, 0.15) is 0 Å². The zero-order chi connectivity index (χ0) is 29.6. The minimum Gasteiger partial charge on any atom is -0.480 e. The molecule has 3 N–H and O–H groups in total. The predicted molar refractivity (Wildman–Crippen MR) is 182 cm³/mol. The average Bonchev–Trinajstić information content (AvgIpc) is 3.69. The summed E-state index contributed by atoms with van der Waals surface area (Å²) in [6, 6.07) is 46.3. The van der Waals surface area contributed by atoms with Crippen molar-refractivity contribution in [2.45, 2.75) is 0 Å². The molecule has 44 heavy (non-hydrogen) atoms. The molecule has 6 aromatic carbocycles. The number of aromatic nitrogens is 2. The number of carboxylic acid groups (broad SMARTS) is 1. The van der Waals surface area contributed by atoms with Crippen molar-refractivity contribution in [3.63, 3.8) is 0 Å². The molecule has 0 fully saturated rings. The number of benzene rings is 6. The first kappa shape index (κ1) is 31.1. The van der Waals surface area contributed by atoms with E-state index in [1.807, 2.05) is 12.1 Å². The molecule has 0 saturated heterocycles. The minimum atomic E-state index is -0.968. The van der Waals surface area contributed by atoms with E-state index in [4.69, 9.17) is 15.1 Å². The van der Waals surface area contributed by atoms with Crippen LogP contribution in [0, 0.1) is 0 Å². The Labute approximate surface area is 276 Å². The molecule has 0 saturated carbocycles. The van der Waals surface area contributed by atoms with Crippen LogP contribution in [0.15, 0.2) is 133 Å². The van der Waals surface area contributed by atoms with Gasteiger partial charge in [-0.2, -0.15) is 0 Å². The molecule has 2 aromatic heterocycles. The van der Waals surface area contributed by atoms with Crippen molar-refractivity contribution in [1.29, 1.82) is 0 Å². The smallest absolute Gasteiger partial charge is 0.317 e. The van der Waals surface area contributed by atoms with Crippen molar-refractivity contribution >= 4 is 70.6 Å². The Morgan fingerprint density at radius 1 is 0.568 bits per heavy atom. The van der Waals surface area contributed by atoms with Gasteiger partial charge in [0.1, 0.15) is 10.0 Å². The van der Waals surface area contributed by atoms with E-state index in [1.165, 1.54) is 42.1 Å². The zero-order valence-corrected chi connectivity index (χ0v) is 27.4. The molecule has 0 bridgehead atoms. The Morgan fingerprint density at radius 3 is 1.34 bits per heavy atom. The van der Waals surface area contributed by atoms with E-state index >= 15 is 0 Å². The summed E-state index contributed by atoms with van der Waals surface area (Å²) in [6.45, 7) is -0.278. The number of fused-ring (bicyclic) bond motifs is 4. The third kappa shape index (κ3) is 6.91. The van der Waals surface area contributed by atoms with Crippen LogP contribution in [-0.4, -0.2) is 27.6 Å². The molecule has 8 heteroatoms. The molecule has 0 spiro atoms. The molecule has 1 radical (unpaired) electrons. The summed E-state index contributed by atoms with van der Waals surface area (Å²) in [4.78, 5) is 18.7. The maximum atomic E-state index is 9.24. The van der Waals surface area contributed by atoms with Crippen molar-refractivity contribution in [2.24, 2.45) is 5.73 Å². The number of carbonyl (C=O) groups is 1. The molecule has 2 heterocycles. The van der Waals surface area contributed by atoms with Gasteiger partial charge in [-0.3, -0.25) is 4.79 Å². The van der Waals surface area contributed by atoms with Crippen molar-refractivity contribution in [1.82, 2.24) is 9.97 Å². The van der Waals surface area contributed by atoms with Crippen LogP contribution in [-0.2, 0) is 24.9 Å². The summed E-state index contributed by atoms with van der Waals surface area (Å²) in [5.41, 5.74) is 9.17. The molecule has 219 valence electrons. The zero-order valence-electron chi connectivity index (χ0n) is 23.4. The Balaban J connectivity index is 0.000000149. The van der Waals surface area contributed by atoms with Gasteiger partial charge in [-0.25, -0.2) is 9.97 Å². The first-order valence-corrected chi connectivity index (χ1v) is 15.3. The van der Waals surface area contributed by atoms with E-state index in [0.717, 1.165) is 21.0 Å². The fourth-order valence-corrected chi connectivity index (χ4v) is 6.81. The van der Waals surface area contributed by atoms with Gasteiger partial charge in [0, 0.05) is 31.2 Å². The first-order chi connectivity index (χ1) is 21.1. The molecule has 8 rings (SSSR count). The maximum absolute atomic E-state index is 9.24. The quantitative estimate of drug-likeness (QED) is 0.186. The number of nitrogens with zero attached hydrogens (tertiary/aromatic N) is 2. The van der Waals surface area contributed by atoms with Crippen LogP contribution in [0.4, 0.5) is 0 Å². The first-order valence-electron chi connectivity index (χ1n) is 13.7. The predicted octanol–water partition coefficient (Wildman–Crippen LogP) is 9.26. The number of nitrogens with two attached hydrogens (primary N) is 1. The monoisotopic (exact) mass is 790 g/mol. The summed E-state index contributed by atoms with van der Waals surface area (Å²) in [7, 11) is 0. The van der Waals surface area contributed by atoms with Crippen molar-refractivity contribution < 1.29 is 30.0 Å². The fraction of sp³-hybridized carbons (Fsp3) is 0.0278. The molecule has 8 aromatic rings. The molecule has 0 amide bonds. The topological polar surface area (TPSA) is 89.1 Å². The molecule has 5 nitrogen and oxygen atoms in total. The Morgan fingerprint density at radius 2 is 0.932 bits per heavy atom. The SMILES string of the molecule is NCC(=O)O.[Ir].c1ccc2c(-c3nc4ccccc4s3)cccc2c1.c1ccc2c(-c3nc4ccccc4s3)cccc2c1. The molecule has 0 aliphatic carbocycles. The van der Waals surface area contributed by atoms with Crippen LogP contribution in [0.3, 0.4) is 0 Å². The third-order valence-electron chi connectivity index (χ3n) is 6.80. The van der Waals surface area contributed by atoms with Gasteiger partial charge in [0.2, 0.25) is 0 Å². The summed E-state index contributed by atoms with van der Waals surface area (Å²) in [6.07, 6.45) is 0. The molecule has 0 unspecified atom stereocenters. The van der Waals surface area contributed by atoms with Gasteiger partial charge in [0.05, 0.1) is 27.0 Å². The van der Waals surface area contributed by atoms with Gasteiger partial charge in [-0.1, -0.05) is 109 Å². The van der Waals surface area contributed by atoms with E-state index in [1.54, 1.807) is 22.7 Å². The normalized spacial score (nSPS) is 10.5. The number of para-hydroxylation sites is 2. The van der Waals surface area contributed by atoms with E-state index in [2.05, 4.69) is 127 Å². The number of carboxylic acids is 1. The Kier molecular flexibility index (Phi) is 10.2. The van der Waals surface area contributed by atoms with Crippen LogP contribution in [0.5, 0.6) is 0 Å². The summed E-state index contributed by atoms with van der Waals surface area (Å²) in [5, 5.41) is 14.8. The molecule has 0 atom stereocenters. The Hall–Kier alpha value is -4.30. The molecule has 0 aliphatic rings. The second-order valence-electron chi connectivity index (χ2n) is 9.62. The number of aliphatic carboxylic acids is 1. The minimum absolute atomic E-state index is 0. The number of thiazole rings is 2. The van der Waals surface area contributed by atoms with Crippen molar-refractivity contribution in [3.8, 4) is 21.1 Å². The van der Waals surface area contributed by atoms with Crippen LogP contribution in [0.2, 0.25) is 0 Å². The Bertz CT molecular complexity index is 1970. The van der Waals surface area contributed by atoms with Gasteiger partial charge < -0.3 is 10.8 Å². The summed E-state index contributed by atoms with van der Waals surface area (Å²) >= 11 is 3.51. The number of hydrogen-bond acceptors (Lipinski definition) is 6. The summed E-state index contributed by atoms with van der Waals surface area (Å²) < 4.78 is 2.48. The van der Waals surface area contributed by atoms with E-state index < -0.39 is 5.97 Å². The van der Waals surface area contributed by atoms with Crippen molar-refractivity contribution in [3.05, 3.63) is 133 Å². The molecular weight excluding hydrogens is 763 g/mol. The number of hydrogen-bond donors (Lipinski definition) is 2. The van der Waals surface area contributed by atoms with Crippen LogP contribution < -0.4 is 5.73 Å². The molecule has 0 aliphatic heterocycles.